The number of nitrogens with zero attached hydrogens (tertiary/aromatic N) is 2. The first-order valence-electron chi connectivity index (χ1n) is 8.23. The Hall–Kier alpha value is -3.74. The van der Waals surface area contributed by atoms with Crippen LogP contribution in [0.5, 0.6) is 0 Å². The number of carbonyl (C=O) groups excluding carboxylic acids is 1. The molecule has 1 N–H and O–H groups in total. The summed E-state index contributed by atoms with van der Waals surface area (Å²) < 4.78 is 13.3. The maximum absolute atomic E-state index is 13.3. The van der Waals surface area contributed by atoms with Crippen LogP contribution in [0.2, 0.25) is 0 Å². The molecule has 1 heterocycles. The summed E-state index contributed by atoms with van der Waals surface area (Å²) in [6, 6.07) is 18.7. The number of hydrogen-bond acceptors (Lipinski definition) is 4. The van der Waals surface area contributed by atoms with Crippen molar-refractivity contribution in [3.8, 4) is 0 Å². The molecule has 0 saturated heterocycles. The summed E-state index contributed by atoms with van der Waals surface area (Å²) in [6.45, 7) is 0. The fourth-order valence-corrected chi connectivity index (χ4v) is 3.13. The molecule has 3 aromatic carbocycles. The van der Waals surface area contributed by atoms with E-state index in [-0.39, 0.29) is 11.6 Å². The summed E-state index contributed by atoms with van der Waals surface area (Å²) in [4.78, 5) is 25.1. The van der Waals surface area contributed by atoms with E-state index < -0.39 is 16.9 Å². The number of nitrogens with one attached hydrogen (secondary N) is 1. The van der Waals surface area contributed by atoms with Crippen LogP contribution in [0.3, 0.4) is 0 Å². The number of hydrogen-bond donors (Lipinski definition) is 1. The minimum absolute atomic E-state index is 0.0328. The van der Waals surface area contributed by atoms with Gasteiger partial charge in [-0.05, 0) is 54.1 Å². The van der Waals surface area contributed by atoms with Gasteiger partial charge in [0.25, 0.3) is 11.6 Å². The number of para-hydroxylation sites is 1. The maximum atomic E-state index is 13.3. The lowest BCUT2D eigenvalue weighted by Gasteiger charge is -2.38. The maximum Gasteiger partial charge on any atom is 0.269 e. The van der Waals surface area contributed by atoms with Gasteiger partial charge in [-0.25, -0.2) is 4.39 Å². The van der Waals surface area contributed by atoms with Crippen molar-refractivity contribution >= 4 is 23.0 Å². The molecule has 1 aliphatic heterocycles. The molecule has 6 nitrogen and oxygen atoms in total. The number of benzene rings is 3. The van der Waals surface area contributed by atoms with Crippen molar-refractivity contribution < 1.29 is 14.1 Å². The first-order valence-corrected chi connectivity index (χ1v) is 8.23. The number of nitro benzene ring substituents is 1. The summed E-state index contributed by atoms with van der Waals surface area (Å²) in [7, 11) is 0. The number of nitro groups is 1. The number of non-ortho nitro benzene ring substituents is 1. The molecule has 1 aliphatic rings. The summed E-state index contributed by atoms with van der Waals surface area (Å²) in [5, 5.41) is 14.2. The largest absolute Gasteiger partial charge is 0.360 e. The fourth-order valence-electron chi connectivity index (χ4n) is 3.13. The minimum Gasteiger partial charge on any atom is -0.360 e. The van der Waals surface area contributed by atoms with E-state index in [1.54, 1.807) is 30.3 Å². The molecule has 1 unspecified atom stereocenters. The predicted octanol–water partition coefficient (Wildman–Crippen LogP) is 4.51. The fraction of sp³-hybridized carbons (Fsp3) is 0.0500. The highest BCUT2D eigenvalue weighted by Crippen LogP contribution is 2.36. The monoisotopic (exact) mass is 363 g/mol. The van der Waals surface area contributed by atoms with Crippen LogP contribution < -0.4 is 10.2 Å². The molecular weight excluding hydrogens is 349 g/mol. The smallest absolute Gasteiger partial charge is 0.269 e. The number of fused-ring (bicyclic) bond motifs is 1. The lowest BCUT2D eigenvalue weighted by molar-refractivity contribution is -0.384. The Labute approximate surface area is 154 Å². The molecule has 1 atom stereocenters. The molecule has 1 amide bonds. The van der Waals surface area contributed by atoms with Gasteiger partial charge in [0.1, 0.15) is 12.0 Å². The van der Waals surface area contributed by atoms with Crippen molar-refractivity contribution in [3.05, 3.63) is 99.9 Å². The molecule has 0 bridgehead atoms. The van der Waals surface area contributed by atoms with Crippen LogP contribution in [0, 0.1) is 15.9 Å². The molecule has 4 rings (SSSR count). The molecule has 0 fully saturated rings. The molecule has 0 radical (unpaired) electrons. The average Bonchev–Trinajstić information content (AvgIpc) is 2.69. The Bertz CT molecular complexity index is 1020. The van der Waals surface area contributed by atoms with Crippen LogP contribution >= 0.6 is 0 Å². The average molecular weight is 363 g/mol. The van der Waals surface area contributed by atoms with Crippen molar-refractivity contribution in [1.82, 2.24) is 0 Å². The molecule has 7 heteroatoms. The van der Waals surface area contributed by atoms with E-state index in [2.05, 4.69) is 5.32 Å². The molecule has 0 aromatic heterocycles. The predicted molar refractivity (Wildman–Crippen MR) is 99.1 cm³/mol. The zero-order chi connectivity index (χ0) is 19.0. The lowest BCUT2D eigenvalue weighted by Crippen LogP contribution is -2.43. The first kappa shape index (κ1) is 16.7. The van der Waals surface area contributed by atoms with Crippen molar-refractivity contribution in [2.24, 2.45) is 0 Å². The number of halogens is 1. The van der Waals surface area contributed by atoms with Gasteiger partial charge in [0, 0.05) is 23.5 Å². The van der Waals surface area contributed by atoms with Gasteiger partial charge in [-0.1, -0.05) is 12.1 Å². The highest BCUT2D eigenvalue weighted by atomic mass is 19.1. The second kappa shape index (κ2) is 6.53. The molecule has 27 heavy (non-hydrogen) atoms. The topological polar surface area (TPSA) is 75.5 Å². The van der Waals surface area contributed by atoms with Crippen molar-refractivity contribution in [2.75, 3.05) is 10.2 Å². The standard InChI is InChI=1S/C20H14FN3O3/c21-14-7-11-15(12-8-14)23-19(13-5-9-16(10-6-13)24(26)27)22-18-4-2-1-3-17(18)20(23)25/h1-12,19,22H. The SMILES string of the molecule is O=C1c2ccccc2NC(c2ccc([N+](=O)[O-])cc2)N1c1ccc(F)cc1. The second-order valence-corrected chi connectivity index (χ2v) is 6.09. The van der Waals surface area contributed by atoms with E-state index in [1.807, 2.05) is 6.07 Å². The van der Waals surface area contributed by atoms with Gasteiger partial charge in [-0.3, -0.25) is 19.8 Å². The van der Waals surface area contributed by atoms with Crippen LogP contribution in [0.1, 0.15) is 22.1 Å². The number of rotatable bonds is 3. The van der Waals surface area contributed by atoms with Crippen molar-refractivity contribution in [3.63, 3.8) is 0 Å². The lowest BCUT2D eigenvalue weighted by atomic mass is 10.0. The Morgan fingerprint density at radius 1 is 0.963 bits per heavy atom. The first-order chi connectivity index (χ1) is 13.0. The normalized spacial score (nSPS) is 15.8. The second-order valence-electron chi connectivity index (χ2n) is 6.09. The summed E-state index contributed by atoms with van der Waals surface area (Å²) in [5.74, 6) is -0.636. The van der Waals surface area contributed by atoms with Crippen LogP contribution in [0.25, 0.3) is 0 Å². The Morgan fingerprint density at radius 3 is 2.30 bits per heavy atom. The molecule has 134 valence electrons. The zero-order valence-electron chi connectivity index (χ0n) is 14.0. The van der Waals surface area contributed by atoms with Crippen LogP contribution in [-0.4, -0.2) is 10.8 Å². The highest BCUT2D eigenvalue weighted by molar-refractivity contribution is 6.12. The van der Waals surface area contributed by atoms with Crippen molar-refractivity contribution in [1.29, 1.82) is 0 Å². The van der Waals surface area contributed by atoms with Gasteiger partial charge in [0.15, 0.2) is 0 Å². The third kappa shape index (κ3) is 2.99. The molecule has 0 aliphatic carbocycles. The van der Waals surface area contributed by atoms with E-state index in [0.717, 1.165) is 0 Å². The molecular formula is C20H14FN3O3. The van der Waals surface area contributed by atoms with E-state index in [0.29, 0.717) is 22.5 Å². The highest BCUT2D eigenvalue weighted by Gasteiger charge is 2.34. The Kier molecular flexibility index (Phi) is 4.04. The number of carbonyl (C=O) groups is 1. The van der Waals surface area contributed by atoms with Crippen LogP contribution in [0.15, 0.2) is 72.8 Å². The van der Waals surface area contributed by atoms with Crippen molar-refractivity contribution in [2.45, 2.75) is 6.17 Å². The zero-order valence-corrected chi connectivity index (χ0v) is 14.0. The quantitative estimate of drug-likeness (QED) is 0.549. The van der Waals surface area contributed by atoms with E-state index in [9.17, 15) is 19.3 Å². The van der Waals surface area contributed by atoms with Gasteiger partial charge >= 0.3 is 0 Å². The number of amides is 1. The Balaban J connectivity index is 1.82. The van der Waals surface area contributed by atoms with Gasteiger partial charge in [0.05, 0.1) is 10.5 Å². The van der Waals surface area contributed by atoms with Gasteiger partial charge in [-0.2, -0.15) is 0 Å². The third-order valence-electron chi connectivity index (χ3n) is 4.45. The summed E-state index contributed by atoms with van der Waals surface area (Å²) in [5.41, 5.74) is 2.33. The van der Waals surface area contributed by atoms with E-state index in [1.165, 1.54) is 41.3 Å². The Morgan fingerprint density at radius 2 is 1.63 bits per heavy atom. The van der Waals surface area contributed by atoms with Gasteiger partial charge in [0.2, 0.25) is 0 Å². The van der Waals surface area contributed by atoms with Gasteiger partial charge in [-0.15, -0.1) is 0 Å². The van der Waals surface area contributed by atoms with Crippen LogP contribution in [-0.2, 0) is 0 Å². The summed E-state index contributed by atoms with van der Waals surface area (Å²) in [6.07, 6.45) is -0.585. The number of anilines is 2. The molecule has 3 aromatic rings. The molecule has 0 saturated carbocycles. The van der Waals surface area contributed by atoms with Crippen LogP contribution in [0.4, 0.5) is 21.5 Å². The summed E-state index contributed by atoms with van der Waals surface area (Å²) >= 11 is 0. The third-order valence-corrected chi connectivity index (χ3v) is 4.45. The van der Waals surface area contributed by atoms with Gasteiger partial charge < -0.3 is 5.32 Å². The van der Waals surface area contributed by atoms with E-state index in [4.69, 9.17) is 0 Å². The van der Waals surface area contributed by atoms with E-state index >= 15 is 0 Å². The minimum atomic E-state index is -0.585. The molecule has 0 spiro atoms.